The summed E-state index contributed by atoms with van der Waals surface area (Å²) < 4.78 is 25.3. The van der Waals surface area contributed by atoms with Gasteiger partial charge in [-0.15, -0.1) is 0 Å². The lowest BCUT2D eigenvalue weighted by Crippen LogP contribution is -1.88. The van der Waals surface area contributed by atoms with Gasteiger partial charge in [-0.1, -0.05) is 6.07 Å². The van der Waals surface area contributed by atoms with Crippen LogP contribution in [-0.4, -0.2) is 0 Å². The van der Waals surface area contributed by atoms with Crippen LogP contribution in [0.5, 0.6) is 0 Å². The van der Waals surface area contributed by atoms with Gasteiger partial charge >= 0.3 is 0 Å². The molecule has 0 aromatic heterocycles. The van der Waals surface area contributed by atoms with Gasteiger partial charge in [-0.25, -0.2) is 8.78 Å². The van der Waals surface area contributed by atoms with Crippen molar-refractivity contribution in [2.24, 2.45) is 5.92 Å². The van der Waals surface area contributed by atoms with Crippen molar-refractivity contribution in [3.8, 4) is 6.07 Å². The number of nitrogens with zero attached hydrogens (tertiary/aromatic N) is 1. The topological polar surface area (TPSA) is 23.8 Å². The van der Waals surface area contributed by atoms with E-state index in [1.807, 2.05) is 0 Å². The molecule has 1 saturated carbocycles. The van der Waals surface area contributed by atoms with Crippen molar-refractivity contribution in [2.45, 2.75) is 12.3 Å². The second-order valence-corrected chi connectivity index (χ2v) is 3.25. The van der Waals surface area contributed by atoms with E-state index in [1.165, 1.54) is 6.07 Å². The minimum absolute atomic E-state index is 0.00939. The third-order valence-electron chi connectivity index (χ3n) is 2.33. The van der Waals surface area contributed by atoms with Crippen LogP contribution in [0.4, 0.5) is 8.78 Å². The molecule has 1 aromatic carbocycles. The Hall–Kier alpha value is -1.43. The van der Waals surface area contributed by atoms with E-state index in [4.69, 9.17) is 5.26 Å². The van der Waals surface area contributed by atoms with Crippen LogP contribution >= 0.6 is 0 Å². The molecule has 1 aliphatic rings. The largest absolute Gasteiger partial charge is 0.204 e. The van der Waals surface area contributed by atoms with Gasteiger partial charge in [-0.3, -0.25) is 0 Å². The fourth-order valence-corrected chi connectivity index (χ4v) is 1.45. The quantitative estimate of drug-likeness (QED) is 0.650. The molecular formula is C10H7F2N. The highest BCUT2D eigenvalue weighted by Gasteiger charge is 2.38. The van der Waals surface area contributed by atoms with Crippen LogP contribution in [0.2, 0.25) is 0 Å². The average molecular weight is 179 g/mol. The predicted octanol–water partition coefficient (Wildman–Crippen LogP) is 2.59. The van der Waals surface area contributed by atoms with Gasteiger partial charge in [0.15, 0.2) is 11.6 Å². The van der Waals surface area contributed by atoms with Gasteiger partial charge in [0.25, 0.3) is 0 Å². The maximum Gasteiger partial charge on any atom is 0.159 e. The summed E-state index contributed by atoms with van der Waals surface area (Å²) in [5.74, 6) is -1.57. The van der Waals surface area contributed by atoms with Crippen LogP contribution in [-0.2, 0) is 0 Å². The first-order valence-electron chi connectivity index (χ1n) is 4.07. The van der Waals surface area contributed by atoms with Crippen LogP contribution in [0, 0.1) is 28.9 Å². The number of halogens is 2. The summed E-state index contributed by atoms with van der Waals surface area (Å²) in [6.45, 7) is 0. The van der Waals surface area contributed by atoms with E-state index in [9.17, 15) is 8.78 Å². The summed E-state index contributed by atoms with van der Waals surface area (Å²) in [6.07, 6.45) is 0.765. The van der Waals surface area contributed by atoms with Crippen molar-refractivity contribution in [1.29, 1.82) is 5.26 Å². The third-order valence-corrected chi connectivity index (χ3v) is 2.33. The zero-order valence-corrected chi connectivity index (χ0v) is 6.80. The van der Waals surface area contributed by atoms with Gasteiger partial charge in [-0.05, 0) is 24.1 Å². The summed E-state index contributed by atoms with van der Waals surface area (Å²) in [4.78, 5) is 0. The first-order valence-corrected chi connectivity index (χ1v) is 4.07. The van der Waals surface area contributed by atoms with Crippen LogP contribution in [0.1, 0.15) is 17.9 Å². The smallest absolute Gasteiger partial charge is 0.159 e. The molecule has 0 N–H and O–H groups in total. The van der Waals surface area contributed by atoms with Crippen LogP contribution in [0.15, 0.2) is 18.2 Å². The number of nitriles is 1. The van der Waals surface area contributed by atoms with Gasteiger partial charge in [-0.2, -0.15) is 5.26 Å². The van der Waals surface area contributed by atoms with Gasteiger partial charge in [0.2, 0.25) is 0 Å². The molecule has 0 radical (unpaired) electrons. The highest BCUT2D eigenvalue weighted by atomic mass is 19.2. The Morgan fingerprint density at radius 2 is 2.08 bits per heavy atom. The molecule has 0 saturated heterocycles. The molecule has 1 nitrogen and oxygen atoms in total. The highest BCUT2D eigenvalue weighted by Crippen LogP contribution is 2.46. The van der Waals surface area contributed by atoms with Gasteiger partial charge in [0.05, 0.1) is 12.0 Å². The molecule has 0 amide bonds. The van der Waals surface area contributed by atoms with Crippen molar-refractivity contribution >= 4 is 0 Å². The zero-order chi connectivity index (χ0) is 9.42. The third kappa shape index (κ3) is 1.40. The molecule has 1 aliphatic carbocycles. The van der Waals surface area contributed by atoms with E-state index in [0.717, 1.165) is 18.1 Å². The Morgan fingerprint density at radius 1 is 1.31 bits per heavy atom. The molecule has 0 heterocycles. The molecular weight excluding hydrogens is 172 g/mol. The summed E-state index contributed by atoms with van der Waals surface area (Å²) >= 11 is 0. The zero-order valence-electron chi connectivity index (χ0n) is 6.80. The summed E-state index contributed by atoms with van der Waals surface area (Å²) in [6, 6.07) is 5.93. The molecule has 0 aliphatic heterocycles. The normalized spacial score (nSPS) is 25.3. The van der Waals surface area contributed by atoms with E-state index in [2.05, 4.69) is 6.07 Å². The number of benzene rings is 1. The van der Waals surface area contributed by atoms with Crippen LogP contribution in [0.25, 0.3) is 0 Å². The Morgan fingerprint density at radius 3 is 2.62 bits per heavy atom. The first-order chi connectivity index (χ1) is 6.22. The lowest BCUT2D eigenvalue weighted by Gasteiger charge is -1.98. The second-order valence-electron chi connectivity index (χ2n) is 3.25. The first kappa shape index (κ1) is 8.18. The van der Waals surface area contributed by atoms with Crippen molar-refractivity contribution < 1.29 is 8.78 Å². The van der Waals surface area contributed by atoms with Gasteiger partial charge in [0, 0.05) is 5.92 Å². The Kier molecular flexibility index (Phi) is 1.77. The fourth-order valence-electron chi connectivity index (χ4n) is 1.45. The lowest BCUT2D eigenvalue weighted by molar-refractivity contribution is 0.507. The number of hydrogen-bond donors (Lipinski definition) is 0. The Labute approximate surface area is 74.6 Å². The molecule has 1 aromatic rings. The maximum atomic E-state index is 12.7. The van der Waals surface area contributed by atoms with E-state index in [-0.39, 0.29) is 11.8 Å². The minimum atomic E-state index is -0.835. The van der Waals surface area contributed by atoms with Crippen LogP contribution < -0.4 is 0 Å². The Balaban J connectivity index is 2.25. The summed E-state index contributed by atoms with van der Waals surface area (Å²) in [5, 5.41) is 8.54. The Bertz CT molecular complexity index is 381. The summed E-state index contributed by atoms with van der Waals surface area (Å²) in [7, 11) is 0. The molecule has 66 valence electrons. The molecule has 3 heteroatoms. The molecule has 0 bridgehead atoms. The minimum Gasteiger partial charge on any atom is -0.204 e. The highest BCUT2D eigenvalue weighted by molar-refractivity contribution is 5.29. The van der Waals surface area contributed by atoms with E-state index < -0.39 is 11.6 Å². The fraction of sp³-hybridized carbons (Fsp3) is 0.300. The van der Waals surface area contributed by atoms with E-state index in [0.29, 0.717) is 0 Å². The van der Waals surface area contributed by atoms with Crippen molar-refractivity contribution in [3.63, 3.8) is 0 Å². The van der Waals surface area contributed by atoms with Gasteiger partial charge < -0.3 is 0 Å². The second kappa shape index (κ2) is 2.81. The van der Waals surface area contributed by atoms with E-state index >= 15 is 0 Å². The summed E-state index contributed by atoms with van der Waals surface area (Å²) in [5.41, 5.74) is 0.727. The van der Waals surface area contributed by atoms with Crippen LogP contribution in [0.3, 0.4) is 0 Å². The SMILES string of the molecule is N#C[C@@H]1CC1c1ccc(F)c(F)c1. The average Bonchev–Trinajstić information content (AvgIpc) is 2.88. The monoisotopic (exact) mass is 179 g/mol. The lowest BCUT2D eigenvalue weighted by atomic mass is 10.1. The number of rotatable bonds is 1. The maximum absolute atomic E-state index is 12.7. The molecule has 0 spiro atoms. The van der Waals surface area contributed by atoms with Crippen molar-refractivity contribution in [2.75, 3.05) is 0 Å². The van der Waals surface area contributed by atoms with Crippen molar-refractivity contribution in [1.82, 2.24) is 0 Å². The molecule has 13 heavy (non-hydrogen) atoms. The standard InChI is InChI=1S/C10H7F2N/c11-9-2-1-6(4-10(9)12)8-3-7(8)5-13/h1-2,4,7-8H,3H2/t7-,8?/m0/s1. The van der Waals surface area contributed by atoms with E-state index in [1.54, 1.807) is 6.07 Å². The molecule has 1 unspecified atom stereocenters. The number of hydrogen-bond acceptors (Lipinski definition) is 1. The molecule has 2 rings (SSSR count). The molecule has 1 fully saturated rings. The van der Waals surface area contributed by atoms with Crippen molar-refractivity contribution in [3.05, 3.63) is 35.4 Å². The predicted molar refractivity (Wildman–Crippen MR) is 42.8 cm³/mol. The molecule has 2 atom stereocenters. The van der Waals surface area contributed by atoms with Gasteiger partial charge in [0.1, 0.15) is 0 Å².